The molecule has 1 aromatic carbocycles. The molecule has 3 atom stereocenters. The molecule has 0 saturated carbocycles. The average molecular weight is 347 g/mol. The Balaban J connectivity index is 1.71. The molecular formula is C18H19ClN2O3. The van der Waals surface area contributed by atoms with Gasteiger partial charge in [-0.15, -0.1) is 0 Å². The molecule has 2 bridgehead atoms. The van der Waals surface area contributed by atoms with Gasteiger partial charge in [0.1, 0.15) is 5.56 Å². The van der Waals surface area contributed by atoms with Crippen LogP contribution >= 0.6 is 11.6 Å². The molecule has 0 aliphatic carbocycles. The minimum Gasteiger partial charge on any atom is -0.373 e. The van der Waals surface area contributed by atoms with E-state index in [1.807, 2.05) is 17.6 Å². The third-order valence-corrected chi connectivity index (χ3v) is 5.29. The maximum atomic E-state index is 12.8. The first-order valence-electron chi connectivity index (χ1n) is 8.36. The molecule has 0 unspecified atom stereocenters. The molecule has 2 aromatic rings. The van der Waals surface area contributed by atoms with Gasteiger partial charge in [0.05, 0.1) is 23.8 Å². The number of carbonyl (C=O) groups is 1. The minimum atomic E-state index is -0.328. The Kier molecular flexibility index (Phi) is 3.85. The number of aromatic nitrogens is 1. The highest BCUT2D eigenvalue weighted by molar-refractivity contribution is 6.31. The average Bonchev–Trinajstić information content (AvgIpc) is 3.18. The van der Waals surface area contributed by atoms with E-state index < -0.39 is 0 Å². The number of hydrogen-bond donors (Lipinski definition) is 1. The highest BCUT2D eigenvalue weighted by atomic mass is 35.5. The zero-order valence-electron chi connectivity index (χ0n) is 13.4. The monoisotopic (exact) mass is 346 g/mol. The van der Waals surface area contributed by atoms with E-state index in [4.69, 9.17) is 16.3 Å². The zero-order chi connectivity index (χ0) is 16.8. The standard InChI is InChI=1S/C18H19ClN2O3/c1-2-21-9-13(17(22)12-7-10(19)3-5-15(12)21)18(23)20-14-8-11-4-6-16(14)24-11/h3,5,7,9,11,14,16H,2,4,6,8H2,1H3,(H,20,23)/t11-,14+,16-/m1/s1. The van der Waals surface area contributed by atoms with Gasteiger partial charge in [-0.05, 0) is 44.4 Å². The van der Waals surface area contributed by atoms with Crippen LogP contribution in [-0.4, -0.2) is 28.7 Å². The second kappa shape index (κ2) is 5.90. The van der Waals surface area contributed by atoms with E-state index in [9.17, 15) is 9.59 Å². The molecule has 2 saturated heterocycles. The van der Waals surface area contributed by atoms with Gasteiger partial charge in [0.25, 0.3) is 5.91 Å². The summed E-state index contributed by atoms with van der Waals surface area (Å²) < 4.78 is 7.67. The molecule has 1 N–H and O–H groups in total. The maximum Gasteiger partial charge on any atom is 0.257 e. The van der Waals surface area contributed by atoms with Gasteiger partial charge in [0.2, 0.25) is 5.43 Å². The number of pyridine rings is 1. The maximum absolute atomic E-state index is 12.8. The summed E-state index contributed by atoms with van der Waals surface area (Å²) in [4.78, 5) is 25.4. The van der Waals surface area contributed by atoms with Gasteiger partial charge in [-0.1, -0.05) is 11.6 Å². The molecule has 4 rings (SSSR count). The second-order valence-electron chi connectivity index (χ2n) is 6.51. The van der Waals surface area contributed by atoms with Gasteiger partial charge < -0.3 is 14.6 Å². The number of benzene rings is 1. The molecule has 2 fully saturated rings. The lowest BCUT2D eigenvalue weighted by Gasteiger charge is -2.20. The van der Waals surface area contributed by atoms with E-state index in [-0.39, 0.29) is 35.1 Å². The summed E-state index contributed by atoms with van der Waals surface area (Å²) >= 11 is 6.03. The van der Waals surface area contributed by atoms with Gasteiger partial charge in [0.15, 0.2) is 0 Å². The summed E-state index contributed by atoms with van der Waals surface area (Å²) in [5, 5.41) is 3.95. The van der Waals surface area contributed by atoms with Crippen molar-refractivity contribution in [3.8, 4) is 0 Å². The highest BCUT2D eigenvalue weighted by Gasteiger charge is 2.41. The van der Waals surface area contributed by atoms with Gasteiger partial charge in [-0.2, -0.15) is 0 Å². The second-order valence-corrected chi connectivity index (χ2v) is 6.95. The first kappa shape index (κ1) is 15.7. The van der Waals surface area contributed by atoms with Crippen molar-refractivity contribution in [2.75, 3.05) is 0 Å². The number of amides is 1. The Bertz CT molecular complexity index is 876. The van der Waals surface area contributed by atoms with Crippen LogP contribution in [0.4, 0.5) is 0 Å². The molecule has 2 aliphatic rings. The van der Waals surface area contributed by atoms with Crippen LogP contribution in [0.25, 0.3) is 10.9 Å². The fourth-order valence-corrected chi connectivity index (χ4v) is 4.00. The smallest absolute Gasteiger partial charge is 0.257 e. The topological polar surface area (TPSA) is 60.3 Å². The fourth-order valence-electron chi connectivity index (χ4n) is 3.83. The van der Waals surface area contributed by atoms with Crippen LogP contribution in [0.3, 0.4) is 0 Å². The Hall–Kier alpha value is -1.85. The van der Waals surface area contributed by atoms with Gasteiger partial charge in [-0.3, -0.25) is 9.59 Å². The molecule has 1 aromatic heterocycles. The Morgan fingerprint density at radius 3 is 2.92 bits per heavy atom. The Morgan fingerprint density at radius 1 is 1.42 bits per heavy atom. The Morgan fingerprint density at radius 2 is 2.25 bits per heavy atom. The quantitative estimate of drug-likeness (QED) is 0.929. The number of aryl methyl sites for hydroxylation is 1. The lowest BCUT2D eigenvalue weighted by atomic mass is 9.95. The number of hydrogen-bond acceptors (Lipinski definition) is 3. The molecule has 5 nitrogen and oxygen atoms in total. The summed E-state index contributed by atoms with van der Waals surface area (Å²) in [5.74, 6) is -0.328. The van der Waals surface area contributed by atoms with E-state index in [0.29, 0.717) is 17.0 Å². The number of fused-ring (bicyclic) bond motifs is 3. The van der Waals surface area contributed by atoms with Crippen molar-refractivity contribution in [3.63, 3.8) is 0 Å². The molecule has 0 radical (unpaired) electrons. The van der Waals surface area contributed by atoms with Crippen molar-refractivity contribution < 1.29 is 9.53 Å². The predicted molar refractivity (Wildman–Crippen MR) is 92.7 cm³/mol. The third kappa shape index (κ3) is 2.52. The van der Waals surface area contributed by atoms with Crippen LogP contribution < -0.4 is 10.7 Å². The van der Waals surface area contributed by atoms with Crippen molar-refractivity contribution >= 4 is 28.4 Å². The van der Waals surface area contributed by atoms with Gasteiger partial charge in [0, 0.05) is 23.2 Å². The normalized spacial score (nSPS) is 25.3. The van der Waals surface area contributed by atoms with Crippen molar-refractivity contribution in [1.82, 2.24) is 9.88 Å². The number of nitrogens with one attached hydrogen (secondary N) is 1. The first-order valence-corrected chi connectivity index (χ1v) is 8.73. The Labute approximate surface area is 144 Å². The number of carbonyl (C=O) groups excluding carboxylic acids is 1. The summed E-state index contributed by atoms with van der Waals surface area (Å²) in [6, 6.07) is 5.19. The van der Waals surface area contributed by atoms with Gasteiger partial charge >= 0.3 is 0 Å². The molecule has 1 amide bonds. The number of halogens is 1. The largest absolute Gasteiger partial charge is 0.373 e. The third-order valence-electron chi connectivity index (χ3n) is 5.05. The molecule has 126 valence electrons. The molecule has 2 aliphatic heterocycles. The van der Waals surface area contributed by atoms with Crippen LogP contribution in [-0.2, 0) is 11.3 Å². The minimum absolute atomic E-state index is 0.000727. The van der Waals surface area contributed by atoms with Crippen molar-refractivity contribution in [2.45, 2.75) is 51.0 Å². The van der Waals surface area contributed by atoms with E-state index in [0.717, 1.165) is 24.8 Å². The van der Waals surface area contributed by atoms with Gasteiger partial charge in [-0.25, -0.2) is 0 Å². The molecule has 3 heterocycles. The first-order chi connectivity index (χ1) is 11.6. The number of rotatable bonds is 3. The molecule has 6 heteroatoms. The summed E-state index contributed by atoms with van der Waals surface area (Å²) in [7, 11) is 0. The predicted octanol–water partition coefficient (Wildman–Crippen LogP) is 2.72. The molecule has 24 heavy (non-hydrogen) atoms. The molecular weight excluding hydrogens is 328 g/mol. The van der Waals surface area contributed by atoms with Crippen molar-refractivity contribution in [2.24, 2.45) is 0 Å². The van der Waals surface area contributed by atoms with Crippen LogP contribution in [0.15, 0.2) is 29.2 Å². The lowest BCUT2D eigenvalue weighted by Crippen LogP contribution is -2.43. The molecule has 0 spiro atoms. The fraction of sp³-hybridized carbons (Fsp3) is 0.444. The van der Waals surface area contributed by atoms with E-state index >= 15 is 0 Å². The number of ether oxygens (including phenoxy) is 1. The van der Waals surface area contributed by atoms with E-state index in [1.165, 1.54) is 0 Å². The summed E-state index contributed by atoms with van der Waals surface area (Å²) in [6.45, 7) is 2.64. The number of nitrogens with zero attached hydrogens (tertiary/aromatic N) is 1. The highest BCUT2D eigenvalue weighted by Crippen LogP contribution is 2.34. The zero-order valence-corrected chi connectivity index (χ0v) is 14.2. The van der Waals surface area contributed by atoms with Crippen LogP contribution in [0.1, 0.15) is 36.5 Å². The van der Waals surface area contributed by atoms with Crippen molar-refractivity contribution in [1.29, 1.82) is 0 Å². The van der Waals surface area contributed by atoms with Crippen molar-refractivity contribution in [3.05, 3.63) is 45.2 Å². The summed E-state index contributed by atoms with van der Waals surface area (Å²) in [6.07, 6.45) is 4.85. The van der Waals surface area contributed by atoms with E-state index in [2.05, 4.69) is 5.32 Å². The van der Waals surface area contributed by atoms with E-state index in [1.54, 1.807) is 18.3 Å². The van der Waals surface area contributed by atoms with Crippen LogP contribution in [0.5, 0.6) is 0 Å². The lowest BCUT2D eigenvalue weighted by molar-refractivity contribution is 0.0840. The SMILES string of the molecule is CCn1cc(C(=O)N[C@H]2C[C@H]3CC[C@H]2O3)c(=O)c2cc(Cl)ccc21. The van der Waals surface area contributed by atoms with Crippen LogP contribution in [0, 0.1) is 0 Å². The summed E-state index contributed by atoms with van der Waals surface area (Å²) in [5.41, 5.74) is 0.667. The van der Waals surface area contributed by atoms with Crippen LogP contribution in [0.2, 0.25) is 5.02 Å².